The van der Waals surface area contributed by atoms with Gasteiger partial charge in [0.25, 0.3) is 0 Å². The molecule has 0 aliphatic heterocycles. The molecule has 0 amide bonds. The topological polar surface area (TPSA) is 66.8 Å². The number of aromatic hydroxyl groups is 1. The summed E-state index contributed by atoms with van der Waals surface area (Å²) in [5.74, 6) is -0.776. The average Bonchev–Trinajstić information content (AvgIpc) is 2.30. The van der Waals surface area contributed by atoms with Crippen LogP contribution in [0.15, 0.2) is 24.3 Å². The molecule has 1 rings (SSSR count). The molecule has 0 aliphatic carbocycles. The Morgan fingerprint density at radius 2 is 2.00 bits per heavy atom. The Bertz CT molecular complexity index is 345. The number of aliphatic carboxylic acids is 1. The van der Waals surface area contributed by atoms with Crippen LogP contribution < -0.4 is 0 Å². The monoisotopic (exact) mass is 238 g/mol. The van der Waals surface area contributed by atoms with Gasteiger partial charge in [0.1, 0.15) is 5.75 Å². The lowest BCUT2D eigenvalue weighted by atomic mass is 10.1. The summed E-state index contributed by atoms with van der Waals surface area (Å²) < 4.78 is 5.32. The van der Waals surface area contributed by atoms with Gasteiger partial charge >= 0.3 is 5.97 Å². The van der Waals surface area contributed by atoms with Gasteiger partial charge < -0.3 is 14.9 Å². The van der Waals surface area contributed by atoms with Crippen LogP contribution in [-0.4, -0.2) is 28.9 Å². The van der Waals surface area contributed by atoms with E-state index in [0.717, 1.165) is 18.4 Å². The number of carboxylic acid groups (broad SMARTS) is 1. The van der Waals surface area contributed by atoms with Gasteiger partial charge in [-0.25, -0.2) is 4.79 Å². The molecule has 17 heavy (non-hydrogen) atoms. The summed E-state index contributed by atoms with van der Waals surface area (Å²) in [6, 6.07) is 6.49. The lowest BCUT2D eigenvalue weighted by molar-refractivity contribution is -0.150. The first kappa shape index (κ1) is 13.5. The van der Waals surface area contributed by atoms with Crippen molar-refractivity contribution in [2.75, 3.05) is 6.61 Å². The van der Waals surface area contributed by atoms with Crippen molar-refractivity contribution in [2.24, 2.45) is 0 Å². The van der Waals surface area contributed by atoms with Crippen molar-refractivity contribution >= 4 is 5.97 Å². The number of rotatable bonds is 7. The Morgan fingerprint density at radius 1 is 1.35 bits per heavy atom. The zero-order chi connectivity index (χ0) is 12.7. The SMILES string of the molecule is CCCCOC(Cc1ccc(O)cc1)C(=O)O. The van der Waals surface area contributed by atoms with Gasteiger partial charge in [-0.3, -0.25) is 0 Å². The van der Waals surface area contributed by atoms with Gasteiger partial charge in [-0.05, 0) is 24.1 Å². The standard InChI is InChI=1S/C13H18O4/c1-2-3-8-17-12(13(15)16)9-10-4-6-11(14)7-5-10/h4-7,12,14H,2-3,8-9H2,1H3,(H,15,16). The van der Waals surface area contributed by atoms with E-state index in [2.05, 4.69) is 0 Å². The summed E-state index contributed by atoms with van der Waals surface area (Å²) in [5, 5.41) is 18.1. The normalized spacial score (nSPS) is 12.3. The number of carbonyl (C=O) groups is 1. The predicted octanol–water partition coefficient (Wildman–Crippen LogP) is 2.20. The molecule has 1 unspecified atom stereocenters. The molecule has 0 fully saturated rings. The minimum Gasteiger partial charge on any atom is -0.508 e. The van der Waals surface area contributed by atoms with E-state index < -0.39 is 12.1 Å². The fourth-order valence-corrected chi connectivity index (χ4v) is 1.43. The predicted molar refractivity (Wildman–Crippen MR) is 64.1 cm³/mol. The highest BCUT2D eigenvalue weighted by Crippen LogP contribution is 2.12. The molecule has 0 radical (unpaired) electrons. The van der Waals surface area contributed by atoms with Crippen molar-refractivity contribution in [1.82, 2.24) is 0 Å². The Kier molecular flexibility index (Phi) is 5.49. The Hall–Kier alpha value is -1.55. The van der Waals surface area contributed by atoms with E-state index in [1.165, 1.54) is 0 Å². The fraction of sp³-hybridized carbons (Fsp3) is 0.462. The molecule has 0 spiro atoms. The maximum atomic E-state index is 11.0. The van der Waals surface area contributed by atoms with Gasteiger partial charge in [0.2, 0.25) is 0 Å². The summed E-state index contributed by atoms with van der Waals surface area (Å²) in [4.78, 5) is 11.0. The molecule has 4 heteroatoms. The van der Waals surface area contributed by atoms with Gasteiger partial charge in [-0.1, -0.05) is 25.5 Å². The molecule has 0 saturated heterocycles. The van der Waals surface area contributed by atoms with Crippen LogP contribution in [0.25, 0.3) is 0 Å². The summed E-state index contributed by atoms with van der Waals surface area (Å²) >= 11 is 0. The van der Waals surface area contributed by atoms with E-state index in [0.29, 0.717) is 13.0 Å². The zero-order valence-electron chi connectivity index (χ0n) is 9.93. The number of phenolic OH excluding ortho intramolecular Hbond substituents is 1. The molecule has 0 aromatic heterocycles. The number of carboxylic acids is 1. The van der Waals surface area contributed by atoms with Crippen LogP contribution in [0.2, 0.25) is 0 Å². The summed E-state index contributed by atoms with van der Waals surface area (Å²) in [6.45, 7) is 2.49. The first-order valence-electron chi connectivity index (χ1n) is 5.75. The Labute approximate surface area is 101 Å². The maximum Gasteiger partial charge on any atom is 0.333 e. The number of phenols is 1. The molecule has 0 bridgehead atoms. The van der Waals surface area contributed by atoms with E-state index in [-0.39, 0.29) is 5.75 Å². The molecule has 0 saturated carbocycles. The maximum absolute atomic E-state index is 11.0. The molecule has 0 heterocycles. The van der Waals surface area contributed by atoms with Gasteiger partial charge in [0.05, 0.1) is 0 Å². The molecule has 0 aliphatic rings. The third-order valence-corrected chi connectivity index (χ3v) is 2.45. The number of ether oxygens (including phenoxy) is 1. The summed E-state index contributed by atoms with van der Waals surface area (Å²) in [6.07, 6.45) is 1.34. The van der Waals surface area contributed by atoms with Crippen LogP contribution in [-0.2, 0) is 16.0 Å². The smallest absolute Gasteiger partial charge is 0.333 e. The van der Waals surface area contributed by atoms with E-state index in [1.807, 2.05) is 6.92 Å². The summed E-state index contributed by atoms with van der Waals surface area (Å²) in [5.41, 5.74) is 0.840. The molecule has 1 atom stereocenters. The zero-order valence-corrected chi connectivity index (χ0v) is 9.93. The van der Waals surface area contributed by atoms with Crippen molar-refractivity contribution in [2.45, 2.75) is 32.3 Å². The third kappa shape index (κ3) is 4.87. The molecule has 1 aromatic carbocycles. The largest absolute Gasteiger partial charge is 0.508 e. The molecular formula is C13H18O4. The van der Waals surface area contributed by atoms with Crippen LogP contribution in [0.1, 0.15) is 25.3 Å². The second-order valence-corrected chi connectivity index (χ2v) is 3.92. The minimum absolute atomic E-state index is 0.174. The van der Waals surface area contributed by atoms with Crippen LogP contribution >= 0.6 is 0 Å². The lowest BCUT2D eigenvalue weighted by Crippen LogP contribution is -2.26. The van der Waals surface area contributed by atoms with Crippen LogP contribution in [0, 0.1) is 0 Å². The minimum atomic E-state index is -0.950. The number of hydrogen-bond donors (Lipinski definition) is 2. The Balaban J connectivity index is 2.54. The quantitative estimate of drug-likeness (QED) is 0.715. The second-order valence-electron chi connectivity index (χ2n) is 3.92. The molecule has 2 N–H and O–H groups in total. The van der Waals surface area contributed by atoms with Crippen LogP contribution in [0.3, 0.4) is 0 Å². The number of hydrogen-bond acceptors (Lipinski definition) is 3. The Morgan fingerprint density at radius 3 is 2.53 bits per heavy atom. The van der Waals surface area contributed by atoms with Gasteiger partial charge in [0, 0.05) is 13.0 Å². The van der Waals surface area contributed by atoms with E-state index in [9.17, 15) is 4.79 Å². The van der Waals surface area contributed by atoms with Gasteiger partial charge in [-0.2, -0.15) is 0 Å². The number of benzene rings is 1. The van der Waals surface area contributed by atoms with Crippen molar-refractivity contribution in [3.63, 3.8) is 0 Å². The van der Waals surface area contributed by atoms with Crippen molar-refractivity contribution in [3.8, 4) is 5.75 Å². The van der Waals surface area contributed by atoms with E-state index in [4.69, 9.17) is 14.9 Å². The molecule has 1 aromatic rings. The lowest BCUT2D eigenvalue weighted by Gasteiger charge is -2.13. The van der Waals surface area contributed by atoms with E-state index in [1.54, 1.807) is 24.3 Å². The first-order chi connectivity index (χ1) is 8.13. The average molecular weight is 238 g/mol. The highest BCUT2D eigenvalue weighted by atomic mass is 16.5. The van der Waals surface area contributed by atoms with Crippen molar-refractivity contribution in [1.29, 1.82) is 0 Å². The first-order valence-corrected chi connectivity index (χ1v) is 5.75. The van der Waals surface area contributed by atoms with Crippen molar-refractivity contribution < 1.29 is 19.7 Å². The van der Waals surface area contributed by atoms with Crippen LogP contribution in [0.5, 0.6) is 5.75 Å². The van der Waals surface area contributed by atoms with Crippen molar-refractivity contribution in [3.05, 3.63) is 29.8 Å². The number of unbranched alkanes of at least 4 members (excludes halogenated alkanes) is 1. The van der Waals surface area contributed by atoms with Gasteiger partial charge in [-0.15, -0.1) is 0 Å². The second kappa shape index (κ2) is 6.91. The molecular weight excluding hydrogens is 220 g/mol. The highest BCUT2D eigenvalue weighted by molar-refractivity contribution is 5.72. The van der Waals surface area contributed by atoms with Crippen LogP contribution in [0.4, 0.5) is 0 Å². The van der Waals surface area contributed by atoms with Gasteiger partial charge in [0.15, 0.2) is 6.10 Å². The van der Waals surface area contributed by atoms with E-state index >= 15 is 0 Å². The third-order valence-electron chi connectivity index (χ3n) is 2.45. The summed E-state index contributed by atoms with van der Waals surface area (Å²) in [7, 11) is 0. The fourth-order valence-electron chi connectivity index (χ4n) is 1.43. The highest BCUT2D eigenvalue weighted by Gasteiger charge is 2.18. The molecule has 94 valence electrons. The molecule has 4 nitrogen and oxygen atoms in total.